The fraction of sp³-hybridized carbons (Fsp3) is 0.273. The summed E-state index contributed by atoms with van der Waals surface area (Å²) in [5.41, 5.74) is 13.8. The van der Waals surface area contributed by atoms with Gasteiger partial charge in [-0.25, -0.2) is 28.9 Å². The number of nitrogen functional groups attached to an aromatic ring is 2. The third-order valence-electron chi connectivity index (χ3n) is 6.04. The highest BCUT2D eigenvalue weighted by Gasteiger charge is 2.23. The van der Waals surface area contributed by atoms with Crippen molar-refractivity contribution in [3.05, 3.63) is 35.2 Å². The summed E-state index contributed by atoms with van der Waals surface area (Å²) >= 11 is 0. The molecule has 5 heterocycles. The number of carbonyl (C=O) groups is 2. The quantitative estimate of drug-likeness (QED) is 0.186. The van der Waals surface area contributed by atoms with Crippen molar-refractivity contribution >= 4 is 46.6 Å². The van der Waals surface area contributed by atoms with Crippen LogP contribution in [0.25, 0.3) is 11.6 Å². The molecule has 0 aliphatic carbocycles. The van der Waals surface area contributed by atoms with Gasteiger partial charge >= 0.3 is 11.9 Å². The number of azo groups is 2. The van der Waals surface area contributed by atoms with E-state index in [0.717, 1.165) is 0 Å². The van der Waals surface area contributed by atoms with Gasteiger partial charge in [0.2, 0.25) is 23.0 Å². The number of ether oxygens (including phenoxy) is 2. The van der Waals surface area contributed by atoms with E-state index < -0.39 is 11.9 Å². The van der Waals surface area contributed by atoms with Crippen molar-refractivity contribution in [2.75, 3.05) is 25.7 Å². The summed E-state index contributed by atoms with van der Waals surface area (Å²) in [5.74, 6) is -0.621. The number of methoxy groups -OCH3 is 2. The fourth-order valence-corrected chi connectivity index (χ4v) is 3.82. The minimum atomic E-state index is -0.723. The predicted octanol–water partition coefficient (Wildman–Crippen LogP) is 1.29. The monoisotopic (exact) mass is 604 g/mol. The van der Waals surface area contributed by atoms with Crippen LogP contribution in [0.5, 0.6) is 0 Å². The van der Waals surface area contributed by atoms with E-state index in [9.17, 15) is 9.59 Å². The molecular formula is C22H24N18O4. The molecule has 0 aromatic carbocycles. The molecule has 0 radical (unpaired) electrons. The van der Waals surface area contributed by atoms with Gasteiger partial charge in [0.15, 0.2) is 34.6 Å². The van der Waals surface area contributed by atoms with E-state index in [4.69, 9.17) is 20.9 Å². The summed E-state index contributed by atoms with van der Waals surface area (Å²) in [7, 11) is 5.51. The Morgan fingerprint density at radius 2 is 1.14 bits per heavy atom. The van der Waals surface area contributed by atoms with E-state index in [1.165, 1.54) is 45.3 Å². The zero-order valence-electron chi connectivity index (χ0n) is 24.1. The van der Waals surface area contributed by atoms with Crippen LogP contribution in [0.2, 0.25) is 0 Å². The van der Waals surface area contributed by atoms with Crippen LogP contribution in [-0.2, 0) is 23.6 Å². The molecule has 0 amide bonds. The van der Waals surface area contributed by atoms with Gasteiger partial charge in [0.1, 0.15) is 6.33 Å². The minimum Gasteiger partial charge on any atom is -0.464 e. The first-order chi connectivity index (χ1) is 21.0. The Labute approximate surface area is 246 Å². The lowest BCUT2D eigenvalue weighted by atomic mass is 10.4. The Bertz CT molecular complexity index is 1830. The van der Waals surface area contributed by atoms with E-state index in [0.29, 0.717) is 11.4 Å². The molecule has 44 heavy (non-hydrogen) atoms. The van der Waals surface area contributed by atoms with Crippen LogP contribution in [-0.4, -0.2) is 85.7 Å². The predicted molar refractivity (Wildman–Crippen MR) is 148 cm³/mol. The normalized spacial score (nSPS) is 11.6. The molecule has 22 heteroatoms. The number of carbonyl (C=O) groups excluding carboxylic acids is 2. The Balaban J connectivity index is 1.47. The van der Waals surface area contributed by atoms with Gasteiger partial charge in [-0.1, -0.05) is 10.4 Å². The van der Waals surface area contributed by atoms with Crippen molar-refractivity contribution in [1.29, 1.82) is 0 Å². The van der Waals surface area contributed by atoms with Crippen molar-refractivity contribution in [1.82, 2.24) is 59.5 Å². The number of esters is 2. The largest absolute Gasteiger partial charge is 0.464 e. The van der Waals surface area contributed by atoms with E-state index >= 15 is 0 Å². The van der Waals surface area contributed by atoms with Crippen molar-refractivity contribution < 1.29 is 19.1 Å². The smallest absolute Gasteiger partial charge is 0.362 e. The molecule has 5 aromatic rings. The molecule has 0 fully saturated rings. The minimum absolute atomic E-state index is 0.0615. The molecule has 226 valence electrons. The number of hydrogen-bond acceptors (Lipinski definition) is 18. The van der Waals surface area contributed by atoms with Gasteiger partial charge in [-0.15, -0.1) is 30.7 Å². The van der Waals surface area contributed by atoms with Crippen LogP contribution in [0.3, 0.4) is 0 Å². The van der Waals surface area contributed by atoms with E-state index in [1.807, 2.05) is 0 Å². The van der Waals surface area contributed by atoms with Crippen molar-refractivity contribution in [2.45, 2.75) is 13.8 Å². The van der Waals surface area contributed by atoms with Crippen molar-refractivity contribution in [3.63, 3.8) is 0 Å². The van der Waals surface area contributed by atoms with Crippen LogP contribution in [0, 0.1) is 13.8 Å². The number of anilines is 2. The lowest BCUT2D eigenvalue weighted by Gasteiger charge is -2.06. The third kappa shape index (κ3) is 5.05. The summed E-state index contributed by atoms with van der Waals surface area (Å²) in [6.45, 7) is 3.34. The highest BCUT2D eigenvalue weighted by atomic mass is 16.5. The zero-order valence-corrected chi connectivity index (χ0v) is 24.1. The molecule has 0 saturated heterocycles. The molecule has 0 unspecified atom stereocenters. The highest BCUT2D eigenvalue weighted by Crippen LogP contribution is 2.33. The topological polar surface area (TPSA) is 277 Å². The first kappa shape index (κ1) is 29.0. The Morgan fingerprint density at radius 1 is 0.727 bits per heavy atom. The molecule has 22 nitrogen and oxygen atoms in total. The summed E-state index contributed by atoms with van der Waals surface area (Å²) in [5, 5.41) is 40.5. The number of nitrogens with zero attached hydrogens (tertiary/aromatic N) is 16. The van der Waals surface area contributed by atoms with Crippen LogP contribution in [0.4, 0.5) is 34.6 Å². The lowest BCUT2D eigenvalue weighted by Crippen LogP contribution is -2.09. The molecule has 0 spiro atoms. The van der Waals surface area contributed by atoms with Crippen molar-refractivity contribution in [3.8, 4) is 11.6 Å². The van der Waals surface area contributed by atoms with E-state index in [-0.39, 0.29) is 57.7 Å². The number of aryl methyl sites for hydroxylation is 4. The third-order valence-corrected chi connectivity index (χ3v) is 6.04. The summed E-state index contributed by atoms with van der Waals surface area (Å²) in [6.07, 6.45) is 1.27. The van der Waals surface area contributed by atoms with Crippen LogP contribution >= 0.6 is 0 Å². The first-order valence-electron chi connectivity index (χ1n) is 12.4. The Morgan fingerprint density at radius 3 is 1.52 bits per heavy atom. The van der Waals surface area contributed by atoms with Crippen LogP contribution in [0.15, 0.2) is 32.9 Å². The molecule has 5 rings (SSSR count). The number of hydrogen-bond donors (Lipinski definition) is 2. The molecule has 0 atom stereocenters. The standard InChI is InChI=1S/C22H24N18O4/c1-9-13(27-31-19-15(21(41)43-5)29-35-37(19)3)17(23)39(33-9)11-7-12(26-8-25-11)40-18(24)14(10(2)34-40)28-32-20-16(22(42)44-6)30-36-38(20)4/h7-8H,23-24H2,1-6H3/b31-27+,32-28+. The van der Waals surface area contributed by atoms with Gasteiger partial charge in [0, 0.05) is 20.2 Å². The second-order valence-corrected chi connectivity index (χ2v) is 8.85. The van der Waals surface area contributed by atoms with Gasteiger partial charge in [-0.2, -0.15) is 19.6 Å². The zero-order chi connectivity index (χ0) is 31.7. The van der Waals surface area contributed by atoms with Crippen LogP contribution in [0.1, 0.15) is 32.4 Å². The molecular weight excluding hydrogens is 580 g/mol. The Kier molecular flexibility index (Phi) is 7.53. The summed E-state index contributed by atoms with van der Waals surface area (Å²) in [4.78, 5) is 32.5. The second kappa shape index (κ2) is 11.4. The average molecular weight is 605 g/mol. The van der Waals surface area contributed by atoms with Crippen LogP contribution < -0.4 is 11.5 Å². The van der Waals surface area contributed by atoms with Gasteiger partial charge in [0.25, 0.3) is 0 Å². The maximum absolute atomic E-state index is 12.0. The summed E-state index contributed by atoms with van der Waals surface area (Å²) < 4.78 is 14.6. The van der Waals surface area contributed by atoms with Gasteiger partial charge in [0.05, 0.1) is 25.6 Å². The van der Waals surface area contributed by atoms with Gasteiger partial charge < -0.3 is 20.9 Å². The number of aromatic nitrogens is 12. The number of nitrogens with two attached hydrogens (primary N) is 2. The average Bonchev–Trinajstić information content (AvgIpc) is 3.74. The number of rotatable bonds is 8. The highest BCUT2D eigenvalue weighted by molar-refractivity contribution is 5.92. The van der Waals surface area contributed by atoms with Gasteiger partial charge in [-0.3, -0.25) is 0 Å². The van der Waals surface area contributed by atoms with E-state index in [1.54, 1.807) is 27.9 Å². The maximum Gasteiger partial charge on any atom is 0.362 e. The lowest BCUT2D eigenvalue weighted by molar-refractivity contribution is 0.0586. The molecule has 4 N–H and O–H groups in total. The fourth-order valence-electron chi connectivity index (χ4n) is 3.82. The molecule has 0 bridgehead atoms. The molecule has 0 aliphatic rings. The summed E-state index contributed by atoms with van der Waals surface area (Å²) in [6, 6.07) is 1.54. The molecule has 0 saturated carbocycles. The Hall–Kier alpha value is -6.48. The SMILES string of the molecule is COC(=O)c1nnn(C)c1/N=N/c1c(C)nn(-c2cc(-n3nc(C)c(/N=N/c4c(C(=O)OC)nnn4C)c3N)ncn2)c1N. The first-order valence-corrected chi connectivity index (χ1v) is 12.4. The van der Waals surface area contributed by atoms with E-state index in [2.05, 4.69) is 61.2 Å². The molecule has 5 aromatic heterocycles. The molecule has 0 aliphatic heterocycles. The second-order valence-electron chi connectivity index (χ2n) is 8.85. The van der Waals surface area contributed by atoms with Gasteiger partial charge in [-0.05, 0) is 13.8 Å². The maximum atomic E-state index is 12.0. The van der Waals surface area contributed by atoms with Crippen molar-refractivity contribution in [2.24, 2.45) is 34.6 Å².